The van der Waals surface area contributed by atoms with Crippen LogP contribution in [-0.2, 0) is 9.53 Å². The van der Waals surface area contributed by atoms with Crippen LogP contribution in [-0.4, -0.2) is 38.7 Å². The highest BCUT2D eigenvalue weighted by molar-refractivity contribution is 5.86. The lowest BCUT2D eigenvalue weighted by Crippen LogP contribution is -2.29. The number of aliphatic hydroxyl groups excluding tert-OH is 1. The van der Waals surface area contributed by atoms with E-state index in [9.17, 15) is 4.79 Å². The normalized spacial score (nSPS) is 13.5. The number of carbonyl (C=O) groups excluding carboxylic acids is 1. The van der Waals surface area contributed by atoms with Crippen LogP contribution in [0.4, 0.5) is 0 Å². The molecule has 0 aromatic heterocycles. The summed E-state index contributed by atoms with van der Waals surface area (Å²) in [5.74, 6) is -3.65. The van der Waals surface area contributed by atoms with Gasteiger partial charge in [0.1, 0.15) is 0 Å². The van der Waals surface area contributed by atoms with Crippen LogP contribution >= 0.6 is 0 Å². The van der Waals surface area contributed by atoms with Crippen molar-refractivity contribution in [3.63, 3.8) is 0 Å². The van der Waals surface area contributed by atoms with Gasteiger partial charge in [0.2, 0.25) is 6.29 Å². The fraction of sp³-hybridized carbons (Fsp3) is 0.625. The second kappa shape index (κ2) is 5.06. The molecule has 0 bridgehead atoms. The molecule has 0 aromatic carbocycles. The van der Waals surface area contributed by atoms with E-state index in [0.717, 1.165) is 0 Å². The molecule has 0 radical (unpaired) electrons. The van der Waals surface area contributed by atoms with Crippen molar-refractivity contribution in [1.82, 2.24) is 0 Å². The summed E-state index contributed by atoms with van der Waals surface area (Å²) in [6.07, 6.45) is -2.31. The number of aliphatic hydroxyl groups is 4. The average molecular weight is 206 g/mol. The third-order valence-electron chi connectivity index (χ3n) is 1.32. The first-order valence-corrected chi connectivity index (χ1v) is 3.94. The second-order valence-corrected chi connectivity index (χ2v) is 2.95. The van der Waals surface area contributed by atoms with Crippen molar-refractivity contribution in [3.05, 3.63) is 12.2 Å². The zero-order valence-electron chi connectivity index (χ0n) is 7.80. The summed E-state index contributed by atoms with van der Waals surface area (Å²) >= 11 is 0. The van der Waals surface area contributed by atoms with Crippen LogP contribution in [0.15, 0.2) is 12.2 Å². The molecule has 0 aliphatic carbocycles. The van der Waals surface area contributed by atoms with E-state index < -0.39 is 24.7 Å². The molecular formula is C8H14O6. The van der Waals surface area contributed by atoms with Gasteiger partial charge in [0.25, 0.3) is 5.97 Å². The number of hydrogen-bond donors (Lipinski definition) is 4. The van der Waals surface area contributed by atoms with Crippen LogP contribution in [0.25, 0.3) is 0 Å². The fourth-order valence-electron chi connectivity index (χ4n) is 0.600. The van der Waals surface area contributed by atoms with E-state index in [2.05, 4.69) is 11.3 Å². The molecule has 0 rings (SSSR count). The molecule has 0 spiro atoms. The molecule has 6 nitrogen and oxygen atoms in total. The van der Waals surface area contributed by atoms with Crippen molar-refractivity contribution in [1.29, 1.82) is 0 Å². The van der Waals surface area contributed by atoms with Crippen molar-refractivity contribution < 1.29 is 30.0 Å². The summed E-state index contributed by atoms with van der Waals surface area (Å²) in [6, 6.07) is 0. The minimum Gasteiger partial charge on any atom is -0.433 e. The molecule has 0 saturated carbocycles. The van der Waals surface area contributed by atoms with E-state index in [1.54, 1.807) is 0 Å². The van der Waals surface area contributed by atoms with Crippen LogP contribution < -0.4 is 0 Å². The molecule has 0 heterocycles. The fourth-order valence-corrected chi connectivity index (χ4v) is 0.600. The minimum absolute atomic E-state index is 0.118. The minimum atomic E-state index is -2.86. The molecule has 82 valence electrons. The number of esters is 1. The van der Waals surface area contributed by atoms with Crippen molar-refractivity contribution in [2.75, 3.05) is 0 Å². The monoisotopic (exact) mass is 206 g/mol. The highest BCUT2D eigenvalue weighted by atomic mass is 16.7. The molecule has 0 aliphatic rings. The Hall–Kier alpha value is -0.950. The SMILES string of the molecule is C=C(C)C(=O)OC(O)CCC(O)(O)O. The lowest BCUT2D eigenvalue weighted by atomic mass is 10.2. The third-order valence-corrected chi connectivity index (χ3v) is 1.32. The number of hydrogen-bond acceptors (Lipinski definition) is 6. The predicted molar refractivity (Wildman–Crippen MR) is 45.5 cm³/mol. The molecule has 0 aromatic rings. The quantitative estimate of drug-likeness (QED) is 0.256. The van der Waals surface area contributed by atoms with Crippen LogP contribution in [0, 0.1) is 0 Å². The lowest BCUT2D eigenvalue weighted by molar-refractivity contribution is -0.319. The molecule has 0 saturated heterocycles. The van der Waals surface area contributed by atoms with Gasteiger partial charge in [0, 0.05) is 18.4 Å². The predicted octanol–water partition coefficient (Wildman–Crippen LogP) is -1.17. The Balaban J connectivity index is 3.82. The lowest BCUT2D eigenvalue weighted by Gasteiger charge is -2.16. The molecule has 0 amide bonds. The first kappa shape index (κ1) is 13.1. The molecule has 1 atom stereocenters. The molecule has 14 heavy (non-hydrogen) atoms. The summed E-state index contributed by atoms with van der Waals surface area (Å²) in [5.41, 5.74) is 0.118. The van der Waals surface area contributed by atoms with Crippen molar-refractivity contribution in [2.24, 2.45) is 0 Å². The van der Waals surface area contributed by atoms with Gasteiger partial charge in [-0.05, 0) is 6.92 Å². The molecule has 0 aliphatic heterocycles. The number of ether oxygens (including phenoxy) is 1. The van der Waals surface area contributed by atoms with Crippen molar-refractivity contribution >= 4 is 5.97 Å². The molecule has 6 heteroatoms. The second-order valence-electron chi connectivity index (χ2n) is 2.95. The maximum absolute atomic E-state index is 10.8. The summed E-state index contributed by atoms with van der Waals surface area (Å²) in [4.78, 5) is 10.8. The molecule has 1 unspecified atom stereocenters. The Morgan fingerprint density at radius 2 is 2.00 bits per heavy atom. The van der Waals surface area contributed by atoms with Gasteiger partial charge >= 0.3 is 5.97 Å². The number of carbonyl (C=O) groups is 1. The van der Waals surface area contributed by atoms with Gasteiger partial charge in [-0.15, -0.1) is 0 Å². The summed E-state index contributed by atoms with van der Waals surface area (Å²) < 4.78 is 4.39. The summed E-state index contributed by atoms with van der Waals surface area (Å²) in [6.45, 7) is 4.69. The third kappa shape index (κ3) is 6.55. The summed E-state index contributed by atoms with van der Waals surface area (Å²) in [7, 11) is 0. The Kier molecular flexibility index (Phi) is 4.72. The van der Waals surface area contributed by atoms with Gasteiger partial charge in [-0.1, -0.05) is 6.58 Å². The Labute approximate surface area is 81.1 Å². The van der Waals surface area contributed by atoms with Crippen LogP contribution in [0.5, 0.6) is 0 Å². The molecular weight excluding hydrogens is 192 g/mol. The molecule has 0 fully saturated rings. The van der Waals surface area contributed by atoms with E-state index in [0.29, 0.717) is 0 Å². The van der Waals surface area contributed by atoms with Crippen molar-refractivity contribution in [2.45, 2.75) is 32.0 Å². The smallest absolute Gasteiger partial charge is 0.335 e. The topological polar surface area (TPSA) is 107 Å². The Morgan fingerprint density at radius 1 is 1.50 bits per heavy atom. The number of rotatable bonds is 5. The van der Waals surface area contributed by atoms with E-state index >= 15 is 0 Å². The largest absolute Gasteiger partial charge is 0.433 e. The first-order chi connectivity index (χ1) is 6.22. The van der Waals surface area contributed by atoms with Gasteiger partial charge in [-0.2, -0.15) is 0 Å². The van der Waals surface area contributed by atoms with Gasteiger partial charge in [-0.25, -0.2) is 4.79 Å². The van der Waals surface area contributed by atoms with Gasteiger partial charge in [-0.3, -0.25) is 0 Å². The average Bonchev–Trinajstić information content (AvgIpc) is 1.99. The van der Waals surface area contributed by atoms with Gasteiger partial charge < -0.3 is 25.2 Å². The summed E-state index contributed by atoms with van der Waals surface area (Å²) in [5, 5.41) is 34.4. The highest BCUT2D eigenvalue weighted by Gasteiger charge is 2.21. The van der Waals surface area contributed by atoms with Crippen molar-refractivity contribution in [3.8, 4) is 0 Å². The van der Waals surface area contributed by atoms with E-state index in [1.165, 1.54) is 6.92 Å². The van der Waals surface area contributed by atoms with E-state index in [4.69, 9.17) is 20.4 Å². The van der Waals surface area contributed by atoms with Crippen LogP contribution in [0.2, 0.25) is 0 Å². The standard InChI is InChI=1S/C8H14O6/c1-5(2)7(10)14-6(9)3-4-8(11,12)13/h6,9,11-13H,1,3-4H2,2H3. The maximum Gasteiger partial charge on any atom is 0.335 e. The molecule has 4 N–H and O–H groups in total. The highest BCUT2D eigenvalue weighted by Crippen LogP contribution is 2.09. The zero-order valence-corrected chi connectivity index (χ0v) is 7.80. The van der Waals surface area contributed by atoms with Crippen LogP contribution in [0.3, 0.4) is 0 Å². The Morgan fingerprint density at radius 3 is 2.36 bits per heavy atom. The first-order valence-electron chi connectivity index (χ1n) is 3.94. The van der Waals surface area contributed by atoms with E-state index in [1.807, 2.05) is 0 Å². The Bertz CT molecular complexity index is 216. The van der Waals surface area contributed by atoms with E-state index in [-0.39, 0.29) is 12.0 Å². The van der Waals surface area contributed by atoms with Crippen LogP contribution in [0.1, 0.15) is 19.8 Å². The van der Waals surface area contributed by atoms with Gasteiger partial charge in [0.05, 0.1) is 0 Å². The maximum atomic E-state index is 10.8. The van der Waals surface area contributed by atoms with Gasteiger partial charge in [0.15, 0.2) is 0 Å². The zero-order chi connectivity index (χ0) is 11.4.